The summed E-state index contributed by atoms with van der Waals surface area (Å²) in [5.74, 6) is 1.33. The van der Waals surface area contributed by atoms with E-state index in [-0.39, 0.29) is 5.91 Å². The van der Waals surface area contributed by atoms with E-state index in [9.17, 15) is 4.79 Å². The molecule has 0 fully saturated rings. The van der Waals surface area contributed by atoms with E-state index in [2.05, 4.69) is 4.98 Å². The maximum absolute atomic E-state index is 12.5. The number of hydrogen-bond donors (Lipinski definition) is 0. The molecule has 3 aromatic heterocycles. The summed E-state index contributed by atoms with van der Waals surface area (Å²) in [6.45, 7) is 2.70. The average molecular weight is 328 g/mol. The van der Waals surface area contributed by atoms with Crippen LogP contribution in [0.15, 0.2) is 57.1 Å². The van der Waals surface area contributed by atoms with Crippen molar-refractivity contribution in [2.75, 3.05) is 0 Å². The number of aromatic nitrogens is 1. The first-order valence-corrected chi connectivity index (χ1v) is 8.02. The molecule has 3 aromatic rings. The summed E-state index contributed by atoms with van der Waals surface area (Å²) < 4.78 is 10.7. The monoisotopic (exact) mass is 328 g/mol. The Morgan fingerprint density at radius 1 is 1.22 bits per heavy atom. The van der Waals surface area contributed by atoms with Crippen LogP contribution < -0.4 is 0 Å². The van der Waals surface area contributed by atoms with Crippen molar-refractivity contribution < 1.29 is 13.6 Å². The van der Waals surface area contributed by atoms with Crippen LogP contribution >= 0.6 is 11.3 Å². The second-order valence-corrected chi connectivity index (χ2v) is 6.04. The van der Waals surface area contributed by atoms with E-state index in [1.165, 1.54) is 6.08 Å². The van der Waals surface area contributed by atoms with Gasteiger partial charge in [-0.2, -0.15) is 0 Å². The molecule has 3 rings (SSSR count). The van der Waals surface area contributed by atoms with Gasteiger partial charge >= 0.3 is 0 Å². The van der Waals surface area contributed by atoms with Gasteiger partial charge in [-0.1, -0.05) is 0 Å². The molecule has 0 saturated carbocycles. The molecule has 3 heterocycles. The van der Waals surface area contributed by atoms with Crippen molar-refractivity contribution in [1.82, 2.24) is 9.88 Å². The molecule has 0 spiro atoms. The lowest BCUT2D eigenvalue weighted by Gasteiger charge is -2.18. The second kappa shape index (κ2) is 7.11. The summed E-state index contributed by atoms with van der Waals surface area (Å²) >= 11 is 1.55. The fraction of sp³-hybridized carbons (Fsp3) is 0.176. The van der Waals surface area contributed by atoms with Gasteiger partial charge in [-0.3, -0.25) is 4.79 Å². The average Bonchev–Trinajstić information content (AvgIpc) is 3.27. The molecular formula is C17H16N2O3S. The van der Waals surface area contributed by atoms with Crippen molar-refractivity contribution in [1.29, 1.82) is 0 Å². The van der Waals surface area contributed by atoms with Crippen LogP contribution in [0.3, 0.4) is 0 Å². The van der Waals surface area contributed by atoms with Crippen LogP contribution in [0, 0.1) is 6.92 Å². The van der Waals surface area contributed by atoms with Crippen molar-refractivity contribution >= 4 is 23.3 Å². The summed E-state index contributed by atoms with van der Waals surface area (Å²) in [6.07, 6.45) is 6.45. The van der Waals surface area contributed by atoms with E-state index >= 15 is 0 Å². The summed E-state index contributed by atoms with van der Waals surface area (Å²) in [5.41, 5.74) is 0.789. The first kappa shape index (κ1) is 15.3. The maximum Gasteiger partial charge on any atom is 0.247 e. The number of carbonyl (C=O) groups excluding carboxylic acids is 1. The molecule has 0 saturated heterocycles. The third-order valence-corrected chi connectivity index (χ3v) is 3.99. The largest absolute Gasteiger partial charge is 0.467 e. The Labute approximate surface area is 137 Å². The molecule has 23 heavy (non-hydrogen) atoms. The number of aryl methyl sites for hydroxylation is 1. The maximum atomic E-state index is 12.5. The molecular weight excluding hydrogens is 312 g/mol. The van der Waals surface area contributed by atoms with Gasteiger partial charge in [-0.15, -0.1) is 11.3 Å². The van der Waals surface area contributed by atoms with Gasteiger partial charge < -0.3 is 13.7 Å². The topological polar surface area (TPSA) is 59.5 Å². The number of thiazole rings is 1. The van der Waals surface area contributed by atoms with Crippen LogP contribution in [0.1, 0.15) is 22.2 Å². The van der Waals surface area contributed by atoms with E-state index in [1.807, 2.05) is 24.4 Å². The lowest BCUT2D eigenvalue weighted by molar-refractivity contribution is -0.127. The molecule has 0 bridgehead atoms. The summed E-state index contributed by atoms with van der Waals surface area (Å²) in [4.78, 5) is 18.5. The molecule has 0 aromatic carbocycles. The predicted molar refractivity (Wildman–Crippen MR) is 87.6 cm³/mol. The summed E-state index contributed by atoms with van der Waals surface area (Å²) in [7, 11) is 0. The molecule has 5 nitrogen and oxygen atoms in total. The molecule has 0 unspecified atom stereocenters. The number of nitrogens with zero attached hydrogens (tertiary/aromatic N) is 2. The van der Waals surface area contributed by atoms with Crippen molar-refractivity contribution in [3.8, 4) is 0 Å². The highest BCUT2D eigenvalue weighted by atomic mass is 32.1. The Morgan fingerprint density at radius 3 is 2.35 bits per heavy atom. The van der Waals surface area contributed by atoms with Gasteiger partial charge in [-0.05, 0) is 37.3 Å². The Bertz CT molecular complexity index is 736. The van der Waals surface area contributed by atoms with Crippen molar-refractivity contribution in [2.45, 2.75) is 20.0 Å². The zero-order valence-electron chi connectivity index (χ0n) is 12.6. The molecule has 6 heteroatoms. The van der Waals surface area contributed by atoms with Crippen molar-refractivity contribution in [3.05, 3.63) is 70.5 Å². The van der Waals surface area contributed by atoms with Gasteiger partial charge in [0, 0.05) is 11.5 Å². The quantitative estimate of drug-likeness (QED) is 0.644. The van der Waals surface area contributed by atoms with E-state index in [1.54, 1.807) is 47.0 Å². The molecule has 0 aliphatic rings. The normalized spacial score (nSPS) is 11.2. The number of rotatable bonds is 6. The molecule has 0 radical (unpaired) electrons. The second-order valence-electron chi connectivity index (χ2n) is 4.98. The van der Waals surface area contributed by atoms with Gasteiger partial charge in [0.25, 0.3) is 0 Å². The van der Waals surface area contributed by atoms with E-state index < -0.39 is 0 Å². The van der Waals surface area contributed by atoms with E-state index in [4.69, 9.17) is 8.83 Å². The van der Waals surface area contributed by atoms with E-state index in [0.717, 1.165) is 22.2 Å². The van der Waals surface area contributed by atoms with E-state index in [0.29, 0.717) is 13.1 Å². The molecule has 0 aliphatic heterocycles. The molecule has 1 amide bonds. The van der Waals surface area contributed by atoms with Gasteiger partial charge in [0.15, 0.2) is 0 Å². The summed E-state index contributed by atoms with van der Waals surface area (Å²) in [5, 5.41) is 2.89. The van der Waals surface area contributed by atoms with Gasteiger partial charge in [0.05, 0.1) is 36.3 Å². The van der Waals surface area contributed by atoms with Crippen LogP contribution in [0.5, 0.6) is 0 Å². The first-order valence-electron chi connectivity index (χ1n) is 7.14. The standard InChI is InChI=1S/C17H16N2O3S/c1-13-18-14(12-23-13)6-7-17(20)19(10-15-4-2-8-21-15)11-16-5-3-9-22-16/h2-9,12H,10-11H2,1H3/b7-6-. The van der Waals surface area contributed by atoms with Crippen molar-refractivity contribution in [3.63, 3.8) is 0 Å². The third-order valence-electron chi connectivity index (χ3n) is 3.20. The zero-order valence-corrected chi connectivity index (χ0v) is 13.5. The minimum Gasteiger partial charge on any atom is -0.467 e. The number of hydrogen-bond acceptors (Lipinski definition) is 5. The zero-order chi connectivity index (χ0) is 16.1. The number of amides is 1. The van der Waals surface area contributed by atoms with Gasteiger partial charge in [0.1, 0.15) is 11.5 Å². The lowest BCUT2D eigenvalue weighted by atomic mass is 10.3. The van der Waals surface area contributed by atoms with Crippen LogP contribution in [0.2, 0.25) is 0 Å². The van der Waals surface area contributed by atoms with Crippen LogP contribution in [0.25, 0.3) is 6.08 Å². The third kappa shape index (κ3) is 4.20. The summed E-state index contributed by atoms with van der Waals surface area (Å²) in [6, 6.07) is 7.30. The minimum absolute atomic E-state index is 0.122. The number of furan rings is 2. The highest BCUT2D eigenvalue weighted by molar-refractivity contribution is 7.09. The first-order chi connectivity index (χ1) is 11.2. The lowest BCUT2D eigenvalue weighted by Crippen LogP contribution is -2.28. The predicted octanol–water partition coefficient (Wildman–Crippen LogP) is 3.88. The highest BCUT2D eigenvalue weighted by Gasteiger charge is 2.15. The molecule has 0 N–H and O–H groups in total. The Kier molecular flexibility index (Phi) is 4.73. The molecule has 0 atom stereocenters. The smallest absolute Gasteiger partial charge is 0.247 e. The Morgan fingerprint density at radius 2 is 1.87 bits per heavy atom. The number of carbonyl (C=O) groups is 1. The fourth-order valence-corrected chi connectivity index (χ4v) is 2.69. The highest BCUT2D eigenvalue weighted by Crippen LogP contribution is 2.13. The van der Waals surface area contributed by atoms with Gasteiger partial charge in [0.2, 0.25) is 5.91 Å². The van der Waals surface area contributed by atoms with Gasteiger partial charge in [-0.25, -0.2) is 4.98 Å². The minimum atomic E-state index is -0.122. The Balaban J connectivity index is 1.73. The van der Waals surface area contributed by atoms with Crippen molar-refractivity contribution in [2.24, 2.45) is 0 Å². The SMILES string of the molecule is Cc1nc(/C=C\C(=O)N(Cc2ccco2)Cc2ccco2)cs1. The van der Waals surface area contributed by atoms with Crippen LogP contribution in [-0.2, 0) is 17.9 Å². The van der Waals surface area contributed by atoms with Crippen LogP contribution in [0.4, 0.5) is 0 Å². The molecule has 118 valence electrons. The van der Waals surface area contributed by atoms with Crippen LogP contribution in [-0.4, -0.2) is 15.8 Å². The Hall–Kier alpha value is -2.60. The fourth-order valence-electron chi connectivity index (χ4n) is 2.11. The molecule has 0 aliphatic carbocycles.